The lowest BCUT2D eigenvalue weighted by atomic mass is 10.2. The fourth-order valence-corrected chi connectivity index (χ4v) is 2.04. The van der Waals surface area contributed by atoms with Crippen molar-refractivity contribution in [2.75, 3.05) is 20.1 Å². The molecule has 1 N–H and O–H groups in total. The van der Waals surface area contributed by atoms with Gasteiger partial charge in [0, 0.05) is 18.7 Å². The zero-order valence-corrected chi connectivity index (χ0v) is 10.3. The molecule has 1 aromatic heterocycles. The summed E-state index contributed by atoms with van der Waals surface area (Å²) in [6.07, 6.45) is 4.64. The summed E-state index contributed by atoms with van der Waals surface area (Å²) in [7, 11) is 1.95. The number of nitrogens with one attached hydrogen (secondary N) is 1. The van der Waals surface area contributed by atoms with E-state index in [0.29, 0.717) is 0 Å². The van der Waals surface area contributed by atoms with Crippen LogP contribution < -0.4 is 5.32 Å². The van der Waals surface area contributed by atoms with Crippen molar-refractivity contribution in [1.82, 2.24) is 10.2 Å². The number of hydrogen-bond donors (Lipinski definition) is 1. The van der Waals surface area contributed by atoms with Crippen LogP contribution in [0.5, 0.6) is 0 Å². The molecule has 0 bridgehead atoms. The second-order valence-electron chi connectivity index (χ2n) is 4.67. The first-order chi connectivity index (χ1) is 7.83. The van der Waals surface area contributed by atoms with Crippen LogP contribution in [0.25, 0.3) is 0 Å². The lowest BCUT2D eigenvalue weighted by Crippen LogP contribution is -2.25. The lowest BCUT2D eigenvalue weighted by molar-refractivity contribution is 0.266. The van der Waals surface area contributed by atoms with E-state index in [-0.39, 0.29) is 0 Å². The Morgan fingerprint density at radius 1 is 1.50 bits per heavy atom. The Labute approximate surface area is 97.8 Å². The number of furan rings is 1. The van der Waals surface area contributed by atoms with Gasteiger partial charge >= 0.3 is 0 Å². The van der Waals surface area contributed by atoms with Crippen molar-refractivity contribution in [3.63, 3.8) is 0 Å². The van der Waals surface area contributed by atoms with Gasteiger partial charge in [-0.3, -0.25) is 4.90 Å². The third-order valence-corrected chi connectivity index (χ3v) is 3.23. The molecule has 3 heteroatoms. The third kappa shape index (κ3) is 3.09. The van der Waals surface area contributed by atoms with Crippen LogP contribution in [0.3, 0.4) is 0 Å². The molecule has 0 saturated heterocycles. The van der Waals surface area contributed by atoms with Crippen molar-refractivity contribution < 1.29 is 4.42 Å². The molecule has 16 heavy (non-hydrogen) atoms. The Morgan fingerprint density at radius 2 is 2.31 bits per heavy atom. The molecule has 1 heterocycles. The molecule has 0 amide bonds. The molecule has 1 aliphatic rings. The molecule has 1 fully saturated rings. The third-order valence-electron chi connectivity index (χ3n) is 3.23. The molecule has 3 nitrogen and oxygen atoms in total. The van der Waals surface area contributed by atoms with Crippen LogP contribution in [0.1, 0.15) is 31.1 Å². The lowest BCUT2D eigenvalue weighted by Gasteiger charge is -2.19. The van der Waals surface area contributed by atoms with Crippen molar-refractivity contribution in [2.45, 2.75) is 32.9 Å². The van der Waals surface area contributed by atoms with Crippen LogP contribution >= 0.6 is 0 Å². The van der Waals surface area contributed by atoms with Gasteiger partial charge in [-0.25, -0.2) is 0 Å². The normalized spacial score (nSPS) is 15.9. The van der Waals surface area contributed by atoms with Crippen molar-refractivity contribution in [3.8, 4) is 0 Å². The molecule has 2 rings (SSSR count). The molecule has 0 unspecified atom stereocenters. The molecule has 0 aliphatic heterocycles. The van der Waals surface area contributed by atoms with Gasteiger partial charge in [0.1, 0.15) is 5.76 Å². The zero-order valence-electron chi connectivity index (χ0n) is 10.3. The Balaban J connectivity index is 1.91. The predicted octanol–water partition coefficient (Wildman–Crippen LogP) is 2.23. The van der Waals surface area contributed by atoms with E-state index >= 15 is 0 Å². The van der Waals surface area contributed by atoms with Crippen LogP contribution in [0.15, 0.2) is 16.7 Å². The Kier molecular flexibility index (Phi) is 4.02. The van der Waals surface area contributed by atoms with Gasteiger partial charge in [0.25, 0.3) is 0 Å². The summed E-state index contributed by atoms with van der Waals surface area (Å²) >= 11 is 0. The summed E-state index contributed by atoms with van der Waals surface area (Å²) in [6, 6.07) is 2.10. The summed E-state index contributed by atoms with van der Waals surface area (Å²) in [5.41, 5.74) is 1.33. The minimum absolute atomic E-state index is 0.823. The SMILES string of the molecule is CCN(Cc1ccoc1CNC)CC1CC1. The number of nitrogens with zero attached hydrogens (tertiary/aromatic N) is 1. The summed E-state index contributed by atoms with van der Waals surface area (Å²) in [5.74, 6) is 2.04. The highest BCUT2D eigenvalue weighted by Gasteiger charge is 2.24. The topological polar surface area (TPSA) is 28.4 Å². The fourth-order valence-electron chi connectivity index (χ4n) is 2.04. The monoisotopic (exact) mass is 222 g/mol. The minimum atomic E-state index is 0.823. The van der Waals surface area contributed by atoms with Crippen LogP contribution in [-0.2, 0) is 13.1 Å². The second kappa shape index (κ2) is 5.51. The average molecular weight is 222 g/mol. The van der Waals surface area contributed by atoms with E-state index in [1.54, 1.807) is 6.26 Å². The Bertz CT molecular complexity index is 317. The average Bonchev–Trinajstić information content (AvgIpc) is 3.00. The van der Waals surface area contributed by atoms with Crippen molar-refractivity contribution in [1.29, 1.82) is 0 Å². The summed E-state index contributed by atoms with van der Waals surface area (Å²) in [4.78, 5) is 2.52. The maximum atomic E-state index is 5.48. The van der Waals surface area contributed by atoms with Gasteiger partial charge in [-0.2, -0.15) is 0 Å². The van der Waals surface area contributed by atoms with E-state index in [1.165, 1.54) is 24.9 Å². The van der Waals surface area contributed by atoms with Crippen LogP contribution in [0.2, 0.25) is 0 Å². The first kappa shape index (κ1) is 11.7. The summed E-state index contributed by atoms with van der Waals surface area (Å²) in [5, 5.41) is 3.14. The molecule has 90 valence electrons. The van der Waals surface area contributed by atoms with Crippen molar-refractivity contribution >= 4 is 0 Å². The Morgan fingerprint density at radius 3 is 2.94 bits per heavy atom. The van der Waals surface area contributed by atoms with Crippen LogP contribution in [0, 0.1) is 5.92 Å². The number of hydrogen-bond acceptors (Lipinski definition) is 3. The van der Waals surface area contributed by atoms with E-state index in [9.17, 15) is 0 Å². The van der Waals surface area contributed by atoms with Crippen molar-refractivity contribution in [2.24, 2.45) is 5.92 Å². The highest BCUT2D eigenvalue weighted by Crippen LogP contribution is 2.30. The molecule has 0 atom stereocenters. The molecule has 1 saturated carbocycles. The minimum Gasteiger partial charge on any atom is -0.468 e. The maximum Gasteiger partial charge on any atom is 0.122 e. The van der Waals surface area contributed by atoms with Crippen molar-refractivity contribution in [3.05, 3.63) is 23.7 Å². The molecular formula is C13H22N2O. The molecule has 1 aromatic rings. The van der Waals surface area contributed by atoms with Crippen LogP contribution in [0.4, 0.5) is 0 Å². The van der Waals surface area contributed by atoms with Gasteiger partial charge in [0.15, 0.2) is 0 Å². The van der Waals surface area contributed by atoms with E-state index in [1.807, 2.05) is 7.05 Å². The van der Waals surface area contributed by atoms with Gasteiger partial charge in [0.05, 0.1) is 12.8 Å². The molecule has 0 aromatic carbocycles. The maximum absolute atomic E-state index is 5.48. The van der Waals surface area contributed by atoms with Gasteiger partial charge in [-0.1, -0.05) is 6.92 Å². The van der Waals surface area contributed by atoms with Gasteiger partial charge in [-0.15, -0.1) is 0 Å². The molecular weight excluding hydrogens is 200 g/mol. The highest BCUT2D eigenvalue weighted by molar-refractivity contribution is 5.16. The van der Waals surface area contributed by atoms with E-state index < -0.39 is 0 Å². The number of rotatable bonds is 7. The largest absolute Gasteiger partial charge is 0.468 e. The Hall–Kier alpha value is -0.800. The fraction of sp³-hybridized carbons (Fsp3) is 0.692. The summed E-state index contributed by atoms with van der Waals surface area (Å²) in [6.45, 7) is 6.46. The van der Waals surface area contributed by atoms with Crippen LogP contribution in [-0.4, -0.2) is 25.0 Å². The van der Waals surface area contributed by atoms with Gasteiger partial charge in [-0.05, 0) is 38.4 Å². The second-order valence-corrected chi connectivity index (χ2v) is 4.67. The smallest absolute Gasteiger partial charge is 0.122 e. The highest BCUT2D eigenvalue weighted by atomic mass is 16.3. The van der Waals surface area contributed by atoms with Gasteiger partial charge < -0.3 is 9.73 Å². The first-order valence-corrected chi connectivity index (χ1v) is 6.25. The molecule has 0 radical (unpaired) electrons. The van der Waals surface area contributed by atoms with Gasteiger partial charge in [0.2, 0.25) is 0 Å². The van der Waals surface area contributed by atoms with E-state index in [4.69, 9.17) is 4.42 Å². The van der Waals surface area contributed by atoms with E-state index in [2.05, 4.69) is 23.2 Å². The standard InChI is InChI=1S/C13H22N2O/c1-3-15(9-11-4-5-11)10-12-6-7-16-13(12)8-14-2/h6-7,11,14H,3-5,8-10H2,1-2H3. The first-order valence-electron chi connectivity index (χ1n) is 6.25. The van der Waals surface area contributed by atoms with E-state index in [0.717, 1.165) is 31.3 Å². The summed E-state index contributed by atoms with van der Waals surface area (Å²) < 4.78 is 5.48. The molecule has 1 aliphatic carbocycles. The molecule has 0 spiro atoms. The zero-order chi connectivity index (χ0) is 11.4. The predicted molar refractivity (Wildman–Crippen MR) is 65.1 cm³/mol. The quantitative estimate of drug-likeness (QED) is 0.767.